The molecular formula is C10H21I. The van der Waals surface area contributed by atoms with E-state index in [4.69, 9.17) is 0 Å². The largest absolute Gasteiger partial charge is 0.0864 e. The van der Waals surface area contributed by atoms with Crippen LogP contribution < -0.4 is 0 Å². The first-order valence-electron chi connectivity index (χ1n) is 4.72. The standard InChI is InChI=1S/C10H21I/c1-9(2)6-7-10(3)5-4-8-11/h9-10H,4-8H2,1-3H3. The van der Waals surface area contributed by atoms with Crippen molar-refractivity contribution in [3.8, 4) is 0 Å². The van der Waals surface area contributed by atoms with Crippen LogP contribution in [0.1, 0.15) is 46.5 Å². The van der Waals surface area contributed by atoms with E-state index in [1.165, 1.54) is 30.1 Å². The van der Waals surface area contributed by atoms with E-state index >= 15 is 0 Å². The number of hydrogen-bond donors (Lipinski definition) is 0. The van der Waals surface area contributed by atoms with Crippen molar-refractivity contribution in [1.82, 2.24) is 0 Å². The highest BCUT2D eigenvalue weighted by Crippen LogP contribution is 2.16. The van der Waals surface area contributed by atoms with Crippen molar-refractivity contribution in [1.29, 1.82) is 0 Å². The monoisotopic (exact) mass is 268 g/mol. The highest BCUT2D eigenvalue weighted by Gasteiger charge is 2.02. The molecule has 1 atom stereocenters. The van der Waals surface area contributed by atoms with E-state index < -0.39 is 0 Å². The van der Waals surface area contributed by atoms with Crippen LogP contribution in [-0.4, -0.2) is 4.43 Å². The minimum absolute atomic E-state index is 0.886. The molecule has 0 aromatic rings. The lowest BCUT2D eigenvalue weighted by atomic mass is 9.96. The third-order valence-electron chi connectivity index (χ3n) is 2.07. The molecule has 1 unspecified atom stereocenters. The van der Waals surface area contributed by atoms with E-state index in [2.05, 4.69) is 43.4 Å². The zero-order chi connectivity index (χ0) is 8.69. The average molecular weight is 268 g/mol. The van der Waals surface area contributed by atoms with Crippen LogP contribution in [0.15, 0.2) is 0 Å². The smallest absolute Gasteiger partial charge is 0.000463 e. The first-order valence-corrected chi connectivity index (χ1v) is 6.25. The third-order valence-corrected chi connectivity index (χ3v) is 2.83. The summed E-state index contributed by atoms with van der Waals surface area (Å²) >= 11 is 2.46. The van der Waals surface area contributed by atoms with Gasteiger partial charge in [-0.3, -0.25) is 0 Å². The van der Waals surface area contributed by atoms with Gasteiger partial charge in [0.2, 0.25) is 0 Å². The molecule has 68 valence electrons. The Kier molecular flexibility index (Phi) is 7.87. The summed E-state index contributed by atoms with van der Waals surface area (Å²) in [6, 6.07) is 0. The van der Waals surface area contributed by atoms with Crippen molar-refractivity contribution in [2.24, 2.45) is 11.8 Å². The SMILES string of the molecule is CC(C)CCC(C)CCCI. The van der Waals surface area contributed by atoms with Gasteiger partial charge in [0, 0.05) is 0 Å². The minimum atomic E-state index is 0.886. The fourth-order valence-electron chi connectivity index (χ4n) is 1.19. The molecule has 1 heteroatoms. The summed E-state index contributed by atoms with van der Waals surface area (Å²) in [5.74, 6) is 1.84. The summed E-state index contributed by atoms with van der Waals surface area (Å²) < 4.78 is 1.32. The Morgan fingerprint density at radius 2 is 1.64 bits per heavy atom. The molecule has 0 amide bonds. The van der Waals surface area contributed by atoms with Gasteiger partial charge in [-0.2, -0.15) is 0 Å². The van der Waals surface area contributed by atoms with Crippen LogP contribution in [0.3, 0.4) is 0 Å². The van der Waals surface area contributed by atoms with E-state index in [9.17, 15) is 0 Å². The normalized spacial score (nSPS) is 13.9. The molecule has 0 heterocycles. The molecule has 0 saturated heterocycles. The molecule has 11 heavy (non-hydrogen) atoms. The van der Waals surface area contributed by atoms with Crippen LogP contribution in [0.4, 0.5) is 0 Å². The first kappa shape index (κ1) is 11.7. The lowest BCUT2D eigenvalue weighted by Gasteiger charge is -2.11. The van der Waals surface area contributed by atoms with Crippen LogP contribution in [0.5, 0.6) is 0 Å². The van der Waals surface area contributed by atoms with E-state index in [1.54, 1.807) is 0 Å². The van der Waals surface area contributed by atoms with Gasteiger partial charge in [0.15, 0.2) is 0 Å². The summed E-state index contributed by atoms with van der Waals surface area (Å²) in [5.41, 5.74) is 0. The van der Waals surface area contributed by atoms with Gasteiger partial charge in [-0.05, 0) is 29.1 Å². The molecule has 0 aromatic heterocycles. The molecule has 0 rings (SSSR count). The van der Waals surface area contributed by atoms with Crippen LogP contribution in [0, 0.1) is 11.8 Å². The summed E-state index contributed by atoms with van der Waals surface area (Å²) in [4.78, 5) is 0. The molecule has 0 spiro atoms. The highest BCUT2D eigenvalue weighted by molar-refractivity contribution is 14.1. The van der Waals surface area contributed by atoms with Gasteiger partial charge in [-0.15, -0.1) is 0 Å². The minimum Gasteiger partial charge on any atom is -0.0864 e. The van der Waals surface area contributed by atoms with E-state index in [1.807, 2.05) is 0 Å². The van der Waals surface area contributed by atoms with Crippen molar-refractivity contribution in [3.05, 3.63) is 0 Å². The van der Waals surface area contributed by atoms with Gasteiger partial charge in [0.25, 0.3) is 0 Å². The molecule has 0 bridgehead atoms. The van der Waals surface area contributed by atoms with Gasteiger partial charge in [-0.1, -0.05) is 56.2 Å². The second kappa shape index (κ2) is 7.38. The summed E-state index contributed by atoms with van der Waals surface area (Å²) in [7, 11) is 0. The molecule has 0 radical (unpaired) electrons. The molecule has 0 aromatic carbocycles. The highest BCUT2D eigenvalue weighted by atomic mass is 127. The second-order valence-electron chi connectivity index (χ2n) is 3.91. The van der Waals surface area contributed by atoms with E-state index in [0.29, 0.717) is 0 Å². The summed E-state index contributed by atoms with van der Waals surface area (Å²) in [5, 5.41) is 0. The van der Waals surface area contributed by atoms with Gasteiger partial charge in [-0.25, -0.2) is 0 Å². The topological polar surface area (TPSA) is 0 Å². The molecule has 0 aliphatic carbocycles. The van der Waals surface area contributed by atoms with Crippen LogP contribution in [0.25, 0.3) is 0 Å². The average Bonchev–Trinajstić information content (AvgIpc) is 1.97. The van der Waals surface area contributed by atoms with Gasteiger partial charge in [0.05, 0.1) is 0 Å². The second-order valence-corrected chi connectivity index (χ2v) is 4.99. The maximum atomic E-state index is 2.46. The molecule has 0 fully saturated rings. The lowest BCUT2D eigenvalue weighted by Crippen LogP contribution is -1.98. The van der Waals surface area contributed by atoms with Crippen molar-refractivity contribution < 1.29 is 0 Å². The fourth-order valence-corrected chi connectivity index (χ4v) is 1.63. The summed E-state index contributed by atoms with van der Waals surface area (Å²) in [6.45, 7) is 7.00. The number of halogens is 1. The number of alkyl halides is 1. The Bertz CT molecular complexity index is 78.9. The Morgan fingerprint density at radius 3 is 2.09 bits per heavy atom. The van der Waals surface area contributed by atoms with Crippen molar-refractivity contribution >= 4 is 22.6 Å². The van der Waals surface area contributed by atoms with Gasteiger partial charge >= 0.3 is 0 Å². The van der Waals surface area contributed by atoms with Crippen LogP contribution >= 0.6 is 22.6 Å². The predicted octanol–water partition coefficient (Wildman–Crippen LogP) is 4.27. The Balaban J connectivity index is 3.15. The predicted molar refractivity (Wildman–Crippen MR) is 61.4 cm³/mol. The Hall–Kier alpha value is 0.730. The third kappa shape index (κ3) is 8.64. The first-order chi connectivity index (χ1) is 5.16. The van der Waals surface area contributed by atoms with Gasteiger partial charge in [0.1, 0.15) is 0 Å². The zero-order valence-corrected chi connectivity index (χ0v) is 10.2. The molecular weight excluding hydrogens is 247 g/mol. The van der Waals surface area contributed by atoms with Crippen molar-refractivity contribution in [2.75, 3.05) is 4.43 Å². The Morgan fingerprint density at radius 1 is 1.00 bits per heavy atom. The number of hydrogen-bond acceptors (Lipinski definition) is 0. The maximum Gasteiger partial charge on any atom is -0.000463 e. The van der Waals surface area contributed by atoms with Crippen LogP contribution in [-0.2, 0) is 0 Å². The number of rotatable bonds is 6. The summed E-state index contributed by atoms with van der Waals surface area (Å²) in [6.07, 6.45) is 5.66. The zero-order valence-electron chi connectivity index (χ0n) is 8.07. The van der Waals surface area contributed by atoms with E-state index in [0.717, 1.165) is 11.8 Å². The van der Waals surface area contributed by atoms with Gasteiger partial charge < -0.3 is 0 Å². The lowest BCUT2D eigenvalue weighted by molar-refractivity contribution is 0.427. The molecule has 0 aliphatic heterocycles. The molecule has 0 aliphatic rings. The fraction of sp³-hybridized carbons (Fsp3) is 1.00. The molecule has 0 N–H and O–H groups in total. The molecule has 0 saturated carbocycles. The van der Waals surface area contributed by atoms with Crippen molar-refractivity contribution in [3.63, 3.8) is 0 Å². The molecule has 0 nitrogen and oxygen atoms in total. The van der Waals surface area contributed by atoms with Crippen molar-refractivity contribution in [2.45, 2.75) is 46.5 Å². The maximum absolute atomic E-state index is 2.46. The Labute approximate surface area is 85.3 Å². The van der Waals surface area contributed by atoms with Crippen LogP contribution in [0.2, 0.25) is 0 Å². The quantitative estimate of drug-likeness (QED) is 0.498. The van der Waals surface area contributed by atoms with E-state index in [-0.39, 0.29) is 0 Å².